The second-order valence-electron chi connectivity index (χ2n) is 8.39. The Hall–Kier alpha value is -2.35. The number of nitrogens with zero attached hydrogens (tertiary/aromatic N) is 2. The van der Waals surface area contributed by atoms with Crippen molar-refractivity contribution in [3.05, 3.63) is 53.1 Å². The molecule has 2 saturated heterocycles. The van der Waals surface area contributed by atoms with Crippen LogP contribution in [0.5, 0.6) is 10.9 Å². The molecule has 2 amide bonds. The lowest BCUT2D eigenvalue weighted by molar-refractivity contribution is 0.121. The summed E-state index contributed by atoms with van der Waals surface area (Å²) in [5, 5.41) is 4.20. The number of fused-ring (bicyclic) bond motifs is 3. The first-order valence-corrected chi connectivity index (χ1v) is 11.9. The van der Waals surface area contributed by atoms with Crippen LogP contribution in [0.4, 0.5) is 4.79 Å². The first kappa shape index (κ1) is 20.5. The predicted octanol–water partition coefficient (Wildman–Crippen LogP) is 4.95. The highest BCUT2D eigenvalue weighted by atomic mass is 35.5. The van der Waals surface area contributed by atoms with E-state index in [9.17, 15) is 4.79 Å². The lowest BCUT2D eigenvalue weighted by Crippen LogP contribution is -2.51. The number of rotatable bonds is 6. The third-order valence-corrected chi connectivity index (χ3v) is 7.50. The van der Waals surface area contributed by atoms with Gasteiger partial charge in [0.1, 0.15) is 5.75 Å². The van der Waals surface area contributed by atoms with Crippen molar-refractivity contribution in [2.24, 2.45) is 5.73 Å². The van der Waals surface area contributed by atoms with Gasteiger partial charge in [0.15, 0.2) is 0 Å². The fourth-order valence-electron chi connectivity index (χ4n) is 4.96. The number of piperidine rings is 1. The van der Waals surface area contributed by atoms with Crippen molar-refractivity contribution in [1.82, 2.24) is 15.2 Å². The molecule has 0 saturated carbocycles. The van der Waals surface area contributed by atoms with Crippen LogP contribution in [0.15, 0.2) is 42.5 Å². The second-order valence-corrected chi connectivity index (χ2v) is 9.82. The van der Waals surface area contributed by atoms with Gasteiger partial charge >= 0.3 is 6.03 Å². The molecule has 6 nitrogen and oxygen atoms in total. The third-order valence-electron chi connectivity index (χ3n) is 6.35. The number of hydrogen-bond donors (Lipinski definition) is 2. The molecule has 2 bridgehead atoms. The lowest BCUT2D eigenvalue weighted by atomic mass is 9.96. The van der Waals surface area contributed by atoms with Crippen LogP contribution < -0.4 is 15.8 Å². The summed E-state index contributed by atoms with van der Waals surface area (Å²) in [5.41, 5.74) is 7.45. The first-order valence-electron chi connectivity index (χ1n) is 10.7. The number of urea groups is 1. The average Bonchev–Trinajstić information content (AvgIpc) is 3.23. The predicted molar refractivity (Wildman–Crippen MR) is 124 cm³/mol. The van der Waals surface area contributed by atoms with Crippen LogP contribution in [-0.4, -0.2) is 40.6 Å². The average molecular weight is 457 g/mol. The fraction of sp³-hybridized carbons (Fsp3) is 0.391. The van der Waals surface area contributed by atoms with Crippen LogP contribution in [-0.2, 0) is 6.42 Å². The van der Waals surface area contributed by atoms with Gasteiger partial charge in [0, 0.05) is 29.7 Å². The normalized spacial score (nSPS) is 23.2. The molecule has 2 aliphatic rings. The van der Waals surface area contributed by atoms with E-state index in [1.165, 1.54) is 29.7 Å². The van der Waals surface area contributed by atoms with Crippen molar-refractivity contribution in [3.8, 4) is 10.9 Å². The van der Waals surface area contributed by atoms with E-state index in [4.69, 9.17) is 22.1 Å². The monoisotopic (exact) mass is 456 g/mol. The number of benzene rings is 2. The maximum Gasteiger partial charge on any atom is 0.312 e. The van der Waals surface area contributed by atoms with Gasteiger partial charge in [-0.1, -0.05) is 35.1 Å². The van der Waals surface area contributed by atoms with Gasteiger partial charge in [0.05, 0.1) is 10.2 Å². The summed E-state index contributed by atoms with van der Waals surface area (Å²) in [7, 11) is 0. The molecule has 2 aliphatic heterocycles. The highest BCUT2D eigenvalue weighted by Crippen LogP contribution is 2.36. The van der Waals surface area contributed by atoms with Crippen LogP contribution >= 0.6 is 22.9 Å². The third kappa shape index (κ3) is 4.63. The van der Waals surface area contributed by atoms with E-state index < -0.39 is 6.03 Å². The quantitative estimate of drug-likeness (QED) is 0.550. The van der Waals surface area contributed by atoms with Crippen molar-refractivity contribution in [2.45, 2.75) is 50.2 Å². The molecule has 31 heavy (non-hydrogen) atoms. The molecule has 2 aromatic carbocycles. The van der Waals surface area contributed by atoms with Crippen LogP contribution in [0.3, 0.4) is 0 Å². The Bertz CT molecular complexity index is 1070. The summed E-state index contributed by atoms with van der Waals surface area (Å²) in [6, 6.07) is 14.9. The molecule has 3 atom stereocenters. The van der Waals surface area contributed by atoms with Crippen molar-refractivity contribution < 1.29 is 9.53 Å². The summed E-state index contributed by atoms with van der Waals surface area (Å²) in [5.74, 6) is 0.785. The Balaban J connectivity index is 1.17. The van der Waals surface area contributed by atoms with Crippen LogP contribution in [0.25, 0.3) is 10.2 Å². The van der Waals surface area contributed by atoms with Gasteiger partial charge in [-0.15, -0.1) is 0 Å². The lowest BCUT2D eigenvalue weighted by Gasteiger charge is -2.39. The zero-order chi connectivity index (χ0) is 21.4. The minimum atomic E-state index is -0.408. The van der Waals surface area contributed by atoms with Gasteiger partial charge < -0.3 is 15.8 Å². The molecule has 3 heterocycles. The second kappa shape index (κ2) is 8.65. The summed E-state index contributed by atoms with van der Waals surface area (Å²) >= 11 is 7.55. The van der Waals surface area contributed by atoms with Gasteiger partial charge in [-0.25, -0.2) is 9.78 Å². The van der Waals surface area contributed by atoms with E-state index in [0.29, 0.717) is 22.3 Å². The minimum Gasteiger partial charge on any atom is -0.431 e. The van der Waals surface area contributed by atoms with Crippen LogP contribution in [0.2, 0.25) is 5.02 Å². The molecule has 162 valence electrons. The molecule has 2 fully saturated rings. The molecule has 0 aliphatic carbocycles. The van der Waals surface area contributed by atoms with Crippen molar-refractivity contribution >= 4 is 39.2 Å². The molecule has 5 rings (SSSR count). The van der Waals surface area contributed by atoms with Crippen molar-refractivity contribution in [1.29, 1.82) is 0 Å². The van der Waals surface area contributed by atoms with E-state index in [2.05, 4.69) is 27.3 Å². The van der Waals surface area contributed by atoms with Gasteiger partial charge in [-0.3, -0.25) is 4.90 Å². The van der Waals surface area contributed by atoms with Gasteiger partial charge in [0.2, 0.25) is 0 Å². The summed E-state index contributed by atoms with van der Waals surface area (Å²) in [4.78, 5) is 18.3. The molecular weight excluding hydrogens is 432 g/mol. The number of primary amides is 1. The van der Waals surface area contributed by atoms with E-state index in [0.717, 1.165) is 41.8 Å². The number of ether oxygens (including phenoxy) is 1. The Kier molecular flexibility index (Phi) is 5.73. The number of thiazole rings is 1. The highest BCUT2D eigenvalue weighted by molar-refractivity contribution is 7.20. The topological polar surface area (TPSA) is 80.5 Å². The van der Waals surface area contributed by atoms with Crippen molar-refractivity contribution in [3.63, 3.8) is 0 Å². The number of carbonyl (C=O) groups is 1. The first-order chi connectivity index (χ1) is 15.0. The van der Waals surface area contributed by atoms with E-state index >= 15 is 0 Å². The Morgan fingerprint density at radius 2 is 1.94 bits per heavy atom. The van der Waals surface area contributed by atoms with Crippen LogP contribution in [0.1, 0.15) is 31.2 Å². The van der Waals surface area contributed by atoms with Crippen LogP contribution in [0, 0.1) is 0 Å². The standard InChI is InChI=1S/C23H25ClN4O2S/c24-15-3-8-21-20(11-15)27-23(31-21)30-19-6-1-14(2-7-19)9-10-28-17-4-5-18(28)13-16(12-17)26-22(25)29/h1-3,6-8,11,16-18H,4-5,9-10,12-13H2,(H3,25,26,29)/t16?,17-,18?/m0/s1. The number of amides is 2. The number of halogens is 1. The number of nitrogens with one attached hydrogen (secondary N) is 1. The van der Waals surface area contributed by atoms with Gasteiger partial charge in [0.25, 0.3) is 5.19 Å². The zero-order valence-corrected chi connectivity index (χ0v) is 18.7. The van der Waals surface area contributed by atoms with E-state index in [1.54, 1.807) is 0 Å². The molecular formula is C23H25ClN4O2S. The van der Waals surface area contributed by atoms with Gasteiger partial charge in [-0.05, 0) is 68.0 Å². The van der Waals surface area contributed by atoms with Crippen molar-refractivity contribution in [2.75, 3.05) is 6.54 Å². The number of carbonyl (C=O) groups excluding carboxylic acids is 1. The summed E-state index contributed by atoms with van der Waals surface area (Å²) in [6.07, 6.45) is 5.42. The SMILES string of the molecule is NC(=O)NC1CC2CC[C@@H](C1)N2CCc1ccc(Oc2nc3cc(Cl)ccc3s2)cc1. The number of aromatic nitrogens is 1. The Labute approximate surface area is 190 Å². The number of nitrogens with two attached hydrogens (primary N) is 1. The molecule has 8 heteroatoms. The molecule has 2 unspecified atom stereocenters. The minimum absolute atomic E-state index is 0.223. The smallest absolute Gasteiger partial charge is 0.312 e. The largest absolute Gasteiger partial charge is 0.431 e. The highest BCUT2D eigenvalue weighted by Gasteiger charge is 2.40. The zero-order valence-electron chi connectivity index (χ0n) is 17.1. The molecule has 0 radical (unpaired) electrons. The van der Waals surface area contributed by atoms with E-state index in [-0.39, 0.29) is 6.04 Å². The summed E-state index contributed by atoms with van der Waals surface area (Å²) in [6.45, 7) is 1.04. The van der Waals surface area contributed by atoms with E-state index in [1.807, 2.05) is 30.3 Å². The molecule has 1 aromatic heterocycles. The molecule has 3 N–H and O–H groups in total. The Morgan fingerprint density at radius 3 is 2.65 bits per heavy atom. The maximum absolute atomic E-state index is 11.2. The fourth-order valence-corrected chi connectivity index (χ4v) is 5.95. The molecule has 0 spiro atoms. The Morgan fingerprint density at radius 1 is 1.19 bits per heavy atom. The molecule has 3 aromatic rings. The maximum atomic E-state index is 11.2. The summed E-state index contributed by atoms with van der Waals surface area (Å²) < 4.78 is 7.01. The van der Waals surface area contributed by atoms with Gasteiger partial charge in [-0.2, -0.15) is 0 Å². The number of hydrogen-bond acceptors (Lipinski definition) is 5.